The van der Waals surface area contributed by atoms with Crippen molar-refractivity contribution in [3.05, 3.63) is 64.5 Å². The Morgan fingerprint density at radius 3 is 2.60 bits per heavy atom. The first-order valence-corrected chi connectivity index (χ1v) is 13.2. The number of hydrogen-bond donors (Lipinski definition) is 4. The van der Waals surface area contributed by atoms with Crippen molar-refractivity contribution in [2.75, 3.05) is 26.7 Å². The van der Waals surface area contributed by atoms with Gasteiger partial charge in [-0.15, -0.1) is 0 Å². The minimum Gasteiger partial charge on any atom is -0.494 e. The van der Waals surface area contributed by atoms with Gasteiger partial charge >= 0.3 is 0 Å². The van der Waals surface area contributed by atoms with Crippen LogP contribution in [-0.4, -0.2) is 78.6 Å². The number of benzene rings is 2. The summed E-state index contributed by atoms with van der Waals surface area (Å²) in [6, 6.07) is 7.52. The molecule has 11 heteroatoms. The topological polar surface area (TPSA) is 137 Å². The largest absolute Gasteiger partial charge is 0.494 e. The van der Waals surface area contributed by atoms with E-state index in [1.807, 2.05) is 13.0 Å². The number of amides is 4. The van der Waals surface area contributed by atoms with E-state index in [0.717, 1.165) is 11.1 Å². The number of aryl methyl sites for hydroxylation is 2. The highest BCUT2D eigenvalue weighted by Gasteiger charge is 2.29. The number of aliphatic hydroxyl groups is 1. The zero-order valence-electron chi connectivity index (χ0n) is 23.3. The van der Waals surface area contributed by atoms with Crippen molar-refractivity contribution in [3.8, 4) is 5.75 Å². The van der Waals surface area contributed by atoms with Crippen LogP contribution in [0.3, 0.4) is 0 Å². The number of halogens is 1. The van der Waals surface area contributed by atoms with E-state index >= 15 is 0 Å². The Labute approximate surface area is 233 Å². The summed E-state index contributed by atoms with van der Waals surface area (Å²) in [5.41, 5.74) is 2.65. The highest BCUT2D eigenvalue weighted by Crippen LogP contribution is 2.19. The minimum atomic E-state index is -1.25. The molecule has 0 fully saturated rings. The molecule has 0 radical (unpaired) electrons. The third kappa shape index (κ3) is 8.25. The lowest BCUT2D eigenvalue weighted by atomic mass is 10.00. The fraction of sp³-hybridized carbons (Fsp3) is 0.448. The van der Waals surface area contributed by atoms with Crippen molar-refractivity contribution in [3.63, 3.8) is 0 Å². The van der Waals surface area contributed by atoms with E-state index in [0.29, 0.717) is 30.5 Å². The number of hydrogen-bond acceptors (Lipinski definition) is 6. The van der Waals surface area contributed by atoms with Crippen LogP contribution in [0.4, 0.5) is 4.39 Å². The number of ether oxygens (including phenoxy) is 1. The molecule has 3 rings (SSSR count). The molecule has 0 aliphatic carbocycles. The van der Waals surface area contributed by atoms with E-state index in [1.54, 1.807) is 25.1 Å². The average Bonchev–Trinajstić information content (AvgIpc) is 2.89. The minimum absolute atomic E-state index is 0.0307. The Morgan fingerprint density at radius 1 is 1.18 bits per heavy atom. The van der Waals surface area contributed by atoms with Gasteiger partial charge in [-0.1, -0.05) is 12.1 Å². The van der Waals surface area contributed by atoms with E-state index in [-0.39, 0.29) is 31.2 Å². The number of methoxy groups -OCH3 is 1. The third-order valence-corrected chi connectivity index (χ3v) is 6.75. The first-order chi connectivity index (χ1) is 19.0. The van der Waals surface area contributed by atoms with Gasteiger partial charge in [0.25, 0.3) is 5.91 Å². The molecule has 1 heterocycles. The zero-order chi connectivity index (χ0) is 29.4. The van der Waals surface area contributed by atoms with Gasteiger partial charge in [0.2, 0.25) is 17.7 Å². The third-order valence-electron chi connectivity index (χ3n) is 6.75. The van der Waals surface area contributed by atoms with Gasteiger partial charge in [0.1, 0.15) is 6.04 Å². The van der Waals surface area contributed by atoms with Crippen LogP contribution in [0.2, 0.25) is 0 Å². The molecule has 40 heavy (non-hydrogen) atoms. The Bertz CT molecular complexity index is 1250. The number of aliphatic hydroxyl groups excluding tert-OH is 1. The first kappa shape index (κ1) is 30.6. The zero-order valence-corrected chi connectivity index (χ0v) is 23.3. The van der Waals surface area contributed by atoms with Crippen molar-refractivity contribution in [1.82, 2.24) is 20.9 Å². The van der Waals surface area contributed by atoms with Crippen LogP contribution in [0.1, 0.15) is 47.3 Å². The molecular weight excluding hydrogens is 519 g/mol. The number of fused-ring (bicyclic) bond motifs is 2. The summed E-state index contributed by atoms with van der Waals surface area (Å²) in [7, 11) is 1.34. The monoisotopic (exact) mass is 556 g/mol. The van der Waals surface area contributed by atoms with E-state index in [2.05, 4.69) is 16.0 Å². The smallest absolute Gasteiger partial charge is 0.252 e. The maximum absolute atomic E-state index is 14.2. The number of carbonyl (C=O) groups excluding carboxylic acids is 4. The van der Waals surface area contributed by atoms with Crippen LogP contribution < -0.4 is 20.7 Å². The number of rotatable bonds is 4. The fourth-order valence-corrected chi connectivity index (χ4v) is 4.52. The normalized spacial score (nSPS) is 20.1. The number of carbonyl (C=O) groups is 4. The summed E-state index contributed by atoms with van der Waals surface area (Å²) in [5.74, 6) is -2.51. The van der Waals surface area contributed by atoms with E-state index in [4.69, 9.17) is 4.74 Å². The van der Waals surface area contributed by atoms with Crippen molar-refractivity contribution >= 4 is 23.6 Å². The Morgan fingerprint density at radius 2 is 1.93 bits per heavy atom. The van der Waals surface area contributed by atoms with Gasteiger partial charge < -0.3 is 30.7 Å². The molecule has 1 aliphatic heterocycles. The molecule has 216 valence electrons. The van der Waals surface area contributed by atoms with Crippen molar-refractivity contribution < 1.29 is 33.4 Å². The molecule has 0 unspecified atom stereocenters. The second-order valence-corrected chi connectivity index (χ2v) is 10.1. The maximum Gasteiger partial charge on any atom is 0.252 e. The summed E-state index contributed by atoms with van der Waals surface area (Å²) in [4.78, 5) is 53.3. The first-order valence-electron chi connectivity index (χ1n) is 13.2. The molecule has 0 saturated carbocycles. The predicted octanol–water partition coefficient (Wildman–Crippen LogP) is 1.26. The van der Waals surface area contributed by atoms with Crippen LogP contribution in [0.25, 0.3) is 0 Å². The SMILES string of the molecule is COc1ccc(CC(=O)N2CC(=O)NCCCc3cc(ccc3C)C(=O)N[C@@H]([C@@H](C)O)C(=O)N[C@H](C)C2)cc1F. The molecule has 2 aromatic rings. The lowest BCUT2D eigenvalue weighted by Gasteiger charge is -2.28. The Balaban J connectivity index is 1.84. The van der Waals surface area contributed by atoms with Crippen LogP contribution in [0.5, 0.6) is 5.75 Å². The van der Waals surface area contributed by atoms with Gasteiger partial charge in [-0.25, -0.2) is 4.39 Å². The molecule has 10 nitrogen and oxygen atoms in total. The van der Waals surface area contributed by atoms with Crippen LogP contribution >= 0.6 is 0 Å². The quantitative estimate of drug-likeness (QED) is 0.448. The predicted molar refractivity (Wildman–Crippen MR) is 146 cm³/mol. The van der Waals surface area contributed by atoms with Crippen LogP contribution in [0.15, 0.2) is 36.4 Å². The number of nitrogens with zero attached hydrogens (tertiary/aromatic N) is 1. The molecule has 1 aliphatic rings. The molecule has 0 saturated heterocycles. The summed E-state index contributed by atoms with van der Waals surface area (Å²) in [5, 5.41) is 18.4. The molecule has 4 amide bonds. The second kappa shape index (κ2) is 13.9. The van der Waals surface area contributed by atoms with Crippen molar-refractivity contribution in [1.29, 1.82) is 0 Å². The Kier molecular flexibility index (Phi) is 10.6. The van der Waals surface area contributed by atoms with Crippen molar-refractivity contribution in [2.45, 2.75) is 58.2 Å². The van der Waals surface area contributed by atoms with Gasteiger partial charge in [-0.05, 0) is 74.6 Å². The summed E-state index contributed by atoms with van der Waals surface area (Å²) in [6.07, 6.45) is -0.174. The van der Waals surface area contributed by atoms with Gasteiger partial charge in [0.05, 0.1) is 26.2 Å². The standard InChI is InChI=1S/C29H37FN4O6/c1-17-7-9-22-14-21(17)6-5-11-31-25(36)16-34(26(37)13-20-8-10-24(40-4)23(30)12-20)15-18(2)32-29(39)27(19(3)35)33-28(22)38/h7-10,12,14,18-19,27,35H,5-6,11,13,15-16H2,1-4H3,(H,31,36)(H,32,39)(H,33,38)/t18-,19-,27+/m1/s1. The molecule has 0 aromatic heterocycles. The van der Waals surface area contributed by atoms with Crippen molar-refractivity contribution in [2.24, 2.45) is 0 Å². The number of nitrogens with one attached hydrogen (secondary N) is 3. The van der Waals surface area contributed by atoms with Crippen LogP contribution in [0, 0.1) is 12.7 Å². The van der Waals surface area contributed by atoms with E-state index in [1.165, 1.54) is 31.1 Å². The fourth-order valence-electron chi connectivity index (χ4n) is 4.52. The molecule has 4 N–H and O–H groups in total. The highest BCUT2D eigenvalue weighted by molar-refractivity contribution is 5.98. The molecular formula is C29H37FN4O6. The Hall–Kier alpha value is -3.99. The van der Waals surface area contributed by atoms with Crippen LogP contribution in [-0.2, 0) is 27.2 Å². The molecule has 2 aromatic carbocycles. The lowest BCUT2D eigenvalue weighted by Crippen LogP contribution is -2.56. The second-order valence-electron chi connectivity index (χ2n) is 10.1. The molecule has 3 atom stereocenters. The molecule has 2 bridgehead atoms. The lowest BCUT2D eigenvalue weighted by molar-refractivity contribution is -0.136. The van der Waals surface area contributed by atoms with Gasteiger partial charge in [0.15, 0.2) is 11.6 Å². The average molecular weight is 557 g/mol. The maximum atomic E-state index is 14.2. The van der Waals surface area contributed by atoms with Gasteiger partial charge in [0, 0.05) is 24.7 Å². The van der Waals surface area contributed by atoms with Gasteiger partial charge in [-0.2, -0.15) is 0 Å². The van der Waals surface area contributed by atoms with E-state index in [9.17, 15) is 28.7 Å². The van der Waals surface area contributed by atoms with E-state index < -0.39 is 41.7 Å². The summed E-state index contributed by atoms with van der Waals surface area (Å²) < 4.78 is 19.1. The summed E-state index contributed by atoms with van der Waals surface area (Å²) >= 11 is 0. The highest BCUT2D eigenvalue weighted by atomic mass is 19.1. The molecule has 0 spiro atoms. The summed E-state index contributed by atoms with van der Waals surface area (Å²) in [6.45, 7) is 5.03. The van der Waals surface area contributed by atoms with Gasteiger partial charge in [-0.3, -0.25) is 19.2 Å².